The van der Waals surface area contributed by atoms with E-state index >= 15 is 0 Å². The first-order valence-corrected chi connectivity index (χ1v) is 10.6. The first-order valence-electron chi connectivity index (χ1n) is 10.2. The van der Waals surface area contributed by atoms with Crippen LogP contribution in [0.3, 0.4) is 0 Å². The molecular weight excluding hydrogens is 424 g/mol. The summed E-state index contributed by atoms with van der Waals surface area (Å²) in [5.41, 5.74) is 3.99. The van der Waals surface area contributed by atoms with E-state index in [2.05, 4.69) is 15.1 Å². The van der Waals surface area contributed by atoms with Gasteiger partial charge in [0.1, 0.15) is 0 Å². The van der Waals surface area contributed by atoms with Crippen LogP contribution in [-0.4, -0.2) is 26.6 Å². The van der Waals surface area contributed by atoms with E-state index in [0.717, 1.165) is 22.1 Å². The van der Waals surface area contributed by atoms with Crippen molar-refractivity contribution in [2.75, 3.05) is 0 Å². The third-order valence-corrected chi connectivity index (χ3v) is 5.89. The highest BCUT2D eigenvalue weighted by Gasteiger charge is 2.34. The fraction of sp³-hybridized carbons (Fsp3) is 0.120. The summed E-state index contributed by atoms with van der Waals surface area (Å²) >= 11 is 6.32. The number of fused-ring (bicyclic) bond motifs is 1. The molecular formula is C25H19ClN4O2. The number of carbonyl (C=O) groups is 1. The number of hydrogen-bond acceptors (Lipinski definition) is 4. The van der Waals surface area contributed by atoms with Crippen LogP contribution < -0.4 is 5.56 Å². The first-order chi connectivity index (χ1) is 15.5. The Labute approximate surface area is 189 Å². The fourth-order valence-electron chi connectivity index (χ4n) is 4.24. The SMILES string of the molecule is CC(=O)N1N=C(c2c(-c3ccccc3)c3cc(Cl)ccc3[nH]c2=O)CC1c1ccncc1. The van der Waals surface area contributed by atoms with Gasteiger partial charge in [-0.25, -0.2) is 5.01 Å². The summed E-state index contributed by atoms with van der Waals surface area (Å²) in [6, 6.07) is 18.5. The Morgan fingerprint density at radius 2 is 1.81 bits per heavy atom. The van der Waals surface area contributed by atoms with E-state index in [1.54, 1.807) is 24.5 Å². The van der Waals surface area contributed by atoms with Crippen molar-refractivity contribution in [2.45, 2.75) is 19.4 Å². The van der Waals surface area contributed by atoms with Crippen molar-refractivity contribution >= 4 is 34.1 Å². The van der Waals surface area contributed by atoms with Gasteiger partial charge in [-0.2, -0.15) is 5.10 Å². The number of carbonyl (C=O) groups excluding carboxylic acids is 1. The molecule has 0 saturated heterocycles. The summed E-state index contributed by atoms with van der Waals surface area (Å²) in [6.07, 6.45) is 3.79. The minimum absolute atomic E-state index is 0.191. The molecule has 1 amide bonds. The molecule has 0 aliphatic carbocycles. The van der Waals surface area contributed by atoms with Gasteiger partial charge in [-0.05, 0) is 41.5 Å². The molecule has 5 rings (SSSR count). The lowest BCUT2D eigenvalue weighted by atomic mass is 9.91. The van der Waals surface area contributed by atoms with Gasteiger partial charge in [0.15, 0.2) is 0 Å². The van der Waals surface area contributed by atoms with Gasteiger partial charge in [-0.1, -0.05) is 41.9 Å². The molecule has 0 spiro atoms. The van der Waals surface area contributed by atoms with Crippen molar-refractivity contribution in [2.24, 2.45) is 5.10 Å². The van der Waals surface area contributed by atoms with E-state index in [-0.39, 0.29) is 17.5 Å². The Morgan fingerprint density at radius 3 is 2.53 bits per heavy atom. The molecule has 2 aromatic heterocycles. The van der Waals surface area contributed by atoms with Crippen LogP contribution in [0.2, 0.25) is 5.02 Å². The number of hydrogen-bond donors (Lipinski definition) is 1. The Bertz CT molecular complexity index is 1410. The molecule has 6 nitrogen and oxygen atoms in total. The molecule has 158 valence electrons. The van der Waals surface area contributed by atoms with E-state index in [9.17, 15) is 9.59 Å². The number of benzene rings is 2. The summed E-state index contributed by atoms with van der Waals surface area (Å²) < 4.78 is 0. The lowest BCUT2D eigenvalue weighted by molar-refractivity contribution is -0.130. The van der Waals surface area contributed by atoms with Gasteiger partial charge in [0.25, 0.3) is 5.56 Å². The normalized spacial score (nSPS) is 15.8. The summed E-state index contributed by atoms with van der Waals surface area (Å²) in [5, 5.41) is 7.46. The molecule has 1 aliphatic heterocycles. The van der Waals surface area contributed by atoms with Gasteiger partial charge in [0, 0.05) is 47.2 Å². The van der Waals surface area contributed by atoms with Crippen molar-refractivity contribution in [3.63, 3.8) is 0 Å². The number of halogens is 1. The molecule has 1 N–H and O–H groups in total. The highest BCUT2D eigenvalue weighted by atomic mass is 35.5. The smallest absolute Gasteiger partial charge is 0.258 e. The lowest BCUT2D eigenvalue weighted by Crippen LogP contribution is -2.24. The minimum Gasteiger partial charge on any atom is -0.321 e. The summed E-state index contributed by atoms with van der Waals surface area (Å²) in [4.78, 5) is 32.8. The van der Waals surface area contributed by atoms with Crippen LogP contribution in [0.1, 0.15) is 30.5 Å². The van der Waals surface area contributed by atoms with E-state index < -0.39 is 0 Å². The van der Waals surface area contributed by atoms with Crippen LogP contribution in [0.25, 0.3) is 22.0 Å². The van der Waals surface area contributed by atoms with Crippen LogP contribution in [0, 0.1) is 0 Å². The standard InChI is InChI=1S/C25H19ClN4O2/c1-15(31)30-22(16-9-11-27-12-10-16)14-21(29-30)24-23(17-5-3-2-4-6-17)19-13-18(26)7-8-20(19)28-25(24)32/h2-13,22H,14H2,1H3,(H,28,32). The Hall–Kier alpha value is -3.77. The highest BCUT2D eigenvalue weighted by molar-refractivity contribution is 6.31. The maximum Gasteiger partial charge on any atom is 0.258 e. The van der Waals surface area contributed by atoms with Gasteiger partial charge in [0.05, 0.1) is 17.3 Å². The van der Waals surface area contributed by atoms with Crippen molar-refractivity contribution in [3.8, 4) is 11.1 Å². The zero-order valence-corrected chi connectivity index (χ0v) is 18.0. The predicted molar refractivity (Wildman–Crippen MR) is 126 cm³/mol. The number of nitrogens with zero attached hydrogens (tertiary/aromatic N) is 3. The molecule has 4 aromatic rings. The molecule has 3 heterocycles. The van der Waals surface area contributed by atoms with Crippen LogP contribution in [0.5, 0.6) is 0 Å². The topological polar surface area (TPSA) is 78.4 Å². The second-order valence-electron chi connectivity index (χ2n) is 7.67. The monoisotopic (exact) mass is 442 g/mol. The van der Waals surface area contributed by atoms with Gasteiger partial charge in [0.2, 0.25) is 5.91 Å². The maximum atomic E-state index is 13.3. The van der Waals surface area contributed by atoms with Crippen molar-refractivity contribution < 1.29 is 4.79 Å². The van der Waals surface area contributed by atoms with Crippen molar-refractivity contribution in [3.05, 3.63) is 99.6 Å². The largest absolute Gasteiger partial charge is 0.321 e. The number of amides is 1. The predicted octanol–water partition coefficient (Wildman–Crippen LogP) is 4.94. The number of pyridine rings is 2. The van der Waals surface area contributed by atoms with Gasteiger partial charge >= 0.3 is 0 Å². The van der Waals surface area contributed by atoms with E-state index in [1.165, 1.54) is 11.9 Å². The number of H-pyrrole nitrogens is 1. The highest BCUT2D eigenvalue weighted by Crippen LogP contribution is 2.37. The quantitative estimate of drug-likeness (QED) is 0.488. The average molecular weight is 443 g/mol. The number of hydrazone groups is 1. The summed E-state index contributed by atoms with van der Waals surface area (Å²) in [5.74, 6) is -0.191. The van der Waals surface area contributed by atoms with Gasteiger partial charge in [-0.15, -0.1) is 0 Å². The third kappa shape index (κ3) is 3.48. The number of rotatable bonds is 3. The Balaban J connectivity index is 1.76. The maximum absolute atomic E-state index is 13.3. The number of aromatic amines is 1. The zero-order chi connectivity index (χ0) is 22.2. The van der Waals surface area contributed by atoms with E-state index in [1.807, 2.05) is 48.5 Å². The van der Waals surface area contributed by atoms with Gasteiger partial charge in [-0.3, -0.25) is 14.6 Å². The molecule has 0 bridgehead atoms. The molecule has 1 aliphatic rings. The van der Waals surface area contributed by atoms with Crippen molar-refractivity contribution in [1.29, 1.82) is 0 Å². The molecule has 0 fully saturated rings. The first kappa shape index (κ1) is 20.2. The molecule has 7 heteroatoms. The molecule has 0 radical (unpaired) electrons. The second-order valence-corrected chi connectivity index (χ2v) is 8.11. The van der Waals surface area contributed by atoms with Gasteiger partial charge < -0.3 is 4.98 Å². The molecule has 2 aromatic carbocycles. The zero-order valence-electron chi connectivity index (χ0n) is 17.2. The molecule has 32 heavy (non-hydrogen) atoms. The fourth-order valence-corrected chi connectivity index (χ4v) is 4.41. The van der Waals surface area contributed by atoms with E-state index in [0.29, 0.717) is 28.2 Å². The summed E-state index contributed by atoms with van der Waals surface area (Å²) in [7, 11) is 0. The van der Waals surface area contributed by atoms with Crippen LogP contribution in [-0.2, 0) is 4.79 Å². The molecule has 1 atom stereocenters. The van der Waals surface area contributed by atoms with Crippen LogP contribution in [0.15, 0.2) is 83.0 Å². The Morgan fingerprint density at radius 1 is 1.06 bits per heavy atom. The average Bonchev–Trinajstić information content (AvgIpc) is 3.25. The summed E-state index contributed by atoms with van der Waals surface area (Å²) in [6.45, 7) is 1.48. The van der Waals surface area contributed by atoms with Crippen molar-refractivity contribution in [1.82, 2.24) is 15.0 Å². The second kappa shape index (κ2) is 8.05. The third-order valence-electron chi connectivity index (χ3n) is 5.65. The van der Waals surface area contributed by atoms with Crippen LogP contribution >= 0.6 is 11.6 Å². The van der Waals surface area contributed by atoms with Crippen LogP contribution in [0.4, 0.5) is 0 Å². The molecule has 0 saturated carbocycles. The minimum atomic E-state index is -0.302. The Kier molecular flexibility index (Phi) is 5.07. The lowest BCUT2D eigenvalue weighted by Gasteiger charge is -2.20. The molecule has 1 unspecified atom stereocenters. The number of nitrogens with one attached hydrogen (secondary N) is 1. The number of aromatic nitrogens is 2. The van der Waals surface area contributed by atoms with E-state index in [4.69, 9.17) is 11.6 Å².